The van der Waals surface area contributed by atoms with E-state index in [9.17, 15) is 14.0 Å². The zero-order chi connectivity index (χ0) is 22.1. The van der Waals surface area contributed by atoms with Crippen LogP contribution < -0.4 is 5.56 Å². The predicted molar refractivity (Wildman–Crippen MR) is 121 cm³/mol. The first-order valence-electron chi connectivity index (χ1n) is 11.0. The van der Waals surface area contributed by atoms with Crippen LogP contribution in [0.5, 0.6) is 0 Å². The van der Waals surface area contributed by atoms with Crippen LogP contribution in [0.25, 0.3) is 10.2 Å². The second-order valence-corrected chi connectivity index (χ2v) is 9.27. The molecule has 0 atom stereocenters. The van der Waals surface area contributed by atoms with Gasteiger partial charge >= 0.3 is 0 Å². The van der Waals surface area contributed by atoms with Crippen molar-refractivity contribution in [1.82, 2.24) is 19.4 Å². The Labute approximate surface area is 189 Å². The van der Waals surface area contributed by atoms with Crippen LogP contribution in [0.1, 0.15) is 27.2 Å². The predicted octanol–water partition coefficient (Wildman–Crippen LogP) is 2.52. The zero-order valence-corrected chi connectivity index (χ0v) is 18.6. The fourth-order valence-corrected chi connectivity index (χ4v) is 5.64. The van der Waals surface area contributed by atoms with Crippen molar-refractivity contribution in [3.05, 3.63) is 62.8 Å². The molecule has 9 heteroatoms. The van der Waals surface area contributed by atoms with E-state index in [0.717, 1.165) is 49.7 Å². The minimum absolute atomic E-state index is 0.0108. The van der Waals surface area contributed by atoms with Crippen LogP contribution >= 0.6 is 11.3 Å². The lowest BCUT2D eigenvalue weighted by Gasteiger charge is -2.27. The van der Waals surface area contributed by atoms with Crippen LogP contribution in [0.15, 0.2) is 35.4 Å². The number of nitrogens with zero attached hydrogens (tertiary/aromatic N) is 4. The number of aromatic nitrogens is 2. The summed E-state index contributed by atoms with van der Waals surface area (Å²) in [5, 5.41) is 0.678. The number of hydrogen-bond acceptors (Lipinski definition) is 6. The van der Waals surface area contributed by atoms with Crippen molar-refractivity contribution in [2.45, 2.75) is 25.9 Å². The first-order chi connectivity index (χ1) is 15.6. The van der Waals surface area contributed by atoms with E-state index in [0.29, 0.717) is 36.3 Å². The molecule has 1 saturated heterocycles. The summed E-state index contributed by atoms with van der Waals surface area (Å²) in [6.45, 7) is 5.80. The van der Waals surface area contributed by atoms with Gasteiger partial charge in [0.1, 0.15) is 10.6 Å². The molecule has 32 heavy (non-hydrogen) atoms. The van der Waals surface area contributed by atoms with Crippen LogP contribution in [0.2, 0.25) is 0 Å². The van der Waals surface area contributed by atoms with Crippen molar-refractivity contribution in [2.24, 2.45) is 0 Å². The Hall–Kier alpha value is -2.62. The molecular formula is C23H25FN4O3S. The third kappa shape index (κ3) is 4.07. The van der Waals surface area contributed by atoms with Crippen molar-refractivity contribution in [3.63, 3.8) is 0 Å². The number of benzene rings is 1. The molecule has 0 spiro atoms. The van der Waals surface area contributed by atoms with Crippen LogP contribution in [0.4, 0.5) is 4.39 Å². The maximum absolute atomic E-state index is 14.1. The fraction of sp³-hybridized carbons (Fsp3) is 0.435. The van der Waals surface area contributed by atoms with Crippen molar-refractivity contribution >= 4 is 27.5 Å². The number of aryl methyl sites for hydroxylation is 1. The van der Waals surface area contributed by atoms with Crippen molar-refractivity contribution in [1.29, 1.82) is 0 Å². The van der Waals surface area contributed by atoms with E-state index in [1.807, 2.05) is 0 Å². The second-order valence-electron chi connectivity index (χ2n) is 8.19. The molecule has 0 N–H and O–H groups in total. The van der Waals surface area contributed by atoms with Gasteiger partial charge in [-0.1, -0.05) is 12.1 Å². The lowest BCUT2D eigenvalue weighted by Crippen LogP contribution is -2.37. The lowest BCUT2D eigenvalue weighted by molar-refractivity contribution is 0.0369. The number of fused-ring (bicyclic) bond motifs is 3. The van der Waals surface area contributed by atoms with Gasteiger partial charge in [0.05, 0.1) is 37.0 Å². The van der Waals surface area contributed by atoms with Crippen LogP contribution in [0.3, 0.4) is 0 Å². The van der Waals surface area contributed by atoms with Gasteiger partial charge in [-0.25, -0.2) is 9.37 Å². The number of carbonyl (C=O) groups is 1. The number of morpholine rings is 1. The smallest absolute Gasteiger partial charge is 0.262 e. The summed E-state index contributed by atoms with van der Waals surface area (Å²) in [4.78, 5) is 36.2. The first-order valence-corrected chi connectivity index (χ1v) is 11.8. The Bertz CT molecular complexity index is 1200. The van der Waals surface area contributed by atoms with Gasteiger partial charge in [-0.2, -0.15) is 0 Å². The van der Waals surface area contributed by atoms with E-state index in [1.54, 1.807) is 27.9 Å². The number of hydrogen-bond donors (Lipinski definition) is 0. The van der Waals surface area contributed by atoms with Gasteiger partial charge in [0.2, 0.25) is 0 Å². The minimum atomic E-state index is -0.513. The standard InChI is InChI=1S/C23H25FN4O3S/c24-18-5-2-1-4-16(18)22(29)27-9-6-17-19(14-27)32-21-20(17)23(30)28(15-25-21)8-3-7-26-10-12-31-13-11-26/h1-2,4-5,15H,3,6-14H2. The Morgan fingerprint density at radius 3 is 2.78 bits per heavy atom. The summed E-state index contributed by atoms with van der Waals surface area (Å²) in [5.41, 5.74) is 1.06. The summed E-state index contributed by atoms with van der Waals surface area (Å²) < 4.78 is 21.1. The molecule has 0 aliphatic carbocycles. The van der Waals surface area contributed by atoms with Crippen LogP contribution in [-0.2, 0) is 24.2 Å². The van der Waals surface area contributed by atoms with Crippen molar-refractivity contribution in [2.75, 3.05) is 39.4 Å². The molecule has 2 aromatic heterocycles. The summed E-state index contributed by atoms with van der Waals surface area (Å²) in [6.07, 6.45) is 3.09. The molecule has 1 aromatic carbocycles. The zero-order valence-electron chi connectivity index (χ0n) is 17.8. The summed E-state index contributed by atoms with van der Waals surface area (Å²) >= 11 is 1.46. The molecule has 3 aromatic rings. The number of carbonyl (C=O) groups excluding carboxylic acids is 1. The molecule has 1 amide bonds. The van der Waals surface area contributed by atoms with Gasteiger partial charge < -0.3 is 9.64 Å². The average Bonchev–Trinajstić information content (AvgIpc) is 3.19. The Morgan fingerprint density at radius 1 is 1.16 bits per heavy atom. The average molecular weight is 457 g/mol. The molecule has 1 fully saturated rings. The van der Waals surface area contributed by atoms with Crippen LogP contribution in [-0.4, -0.2) is 64.7 Å². The fourth-order valence-electron chi connectivity index (χ4n) is 4.45. The second kappa shape index (κ2) is 9.09. The van der Waals surface area contributed by atoms with Crippen molar-refractivity contribution < 1.29 is 13.9 Å². The third-order valence-corrected chi connectivity index (χ3v) is 7.32. The van der Waals surface area contributed by atoms with E-state index < -0.39 is 5.82 Å². The third-order valence-electron chi connectivity index (χ3n) is 6.20. The molecule has 2 aliphatic heterocycles. The number of thiophene rings is 1. The lowest BCUT2D eigenvalue weighted by atomic mass is 10.0. The van der Waals surface area contributed by atoms with Gasteiger partial charge in [0.15, 0.2) is 0 Å². The highest BCUT2D eigenvalue weighted by Crippen LogP contribution is 2.32. The highest BCUT2D eigenvalue weighted by molar-refractivity contribution is 7.18. The molecular weight excluding hydrogens is 431 g/mol. The van der Waals surface area contributed by atoms with E-state index >= 15 is 0 Å². The molecule has 4 heterocycles. The van der Waals surface area contributed by atoms with E-state index in [4.69, 9.17) is 4.74 Å². The summed E-state index contributed by atoms with van der Waals surface area (Å²) in [6, 6.07) is 6.04. The largest absolute Gasteiger partial charge is 0.379 e. The Balaban J connectivity index is 1.33. The normalized spacial score (nSPS) is 17.0. The number of rotatable bonds is 5. The molecule has 0 radical (unpaired) electrons. The molecule has 168 valence electrons. The SMILES string of the molecule is O=C(c1ccccc1F)N1CCc2c(sc3ncn(CCCN4CCOCC4)c(=O)c23)C1. The maximum atomic E-state index is 14.1. The van der Waals surface area contributed by atoms with E-state index in [2.05, 4.69) is 9.88 Å². The Kier molecular flexibility index (Phi) is 6.03. The maximum Gasteiger partial charge on any atom is 0.262 e. The Morgan fingerprint density at radius 2 is 1.97 bits per heavy atom. The molecule has 0 bridgehead atoms. The van der Waals surface area contributed by atoms with Gasteiger partial charge in [-0.3, -0.25) is 19.1 Å². The molecule has 5 rings (SSSR count). The van der Waals surface area contributed by atoms with E-state index in [1.165, 1.54) is 23.5 Å². The quantitative estimate of drug-likeness (QED) is 0.590. The van der Waals surface area contributed by atoms with Crippen molar-refractivity contribution in [3.8, 4) is 0 Å². The van der Waals surface area contributed by atoms with Gasteiger partial charge in [-0.05, 0) is 30.5 Å². The minimum Gasteiger partial charge on any atom is -0.379 e. The van der Waals surface area contributed by atoms with E-state index in [-0.39, 0.29) is 17.0 Å². The van der Waals surface area contributed by atoms with Crippen LogP contribution in [0, 0.1) is 5.82 Å². The number of amides is 1. The monoisotopic (exact) mass is 456 g/mol. The summed E-state index contributed by atoms with van der Waals surface area (Å²) in [7, 11) is 0. The number of ether oxygens (including phenoxy) is 1. The molecule has 0 unspecified atom stereocenters. The topological polar surface area (TPSA) is 67.7 Å². The highest BCUT2D eigenvalue weighted by Gasteiger charge is 2.28. The molecule has 7 nitrogen and oxygen atoms in total. The highest BCUT2D eigenvalue weighted by atomic mass is 32.1. The molecule has 2 aliphatic rings. The van der Waals surface area contributed by atoms with Gasteiger partial charge in [-0.15, -0.1) is 11.3 Å². The van der Waals surface area contributed by atoms with Gasteiger partial charge in [0.25, 0.3) is 11.5 Å². The first kappa shape index (κ1) is 21.2. The number of halogens is 1. The van der Waals surface area contributed by atoms with Gasteiger partial charge in [0, 0.05) is 37.6 Å². The summed E-state index contributed by atoms with van der Waals surface area (Å²) in [5.74, 6) is -0.832. The molecule has 0 saturated carbocycles.